The zero-order chi connectivity index (χ0) is 21.5. The van der Waals surface area contributed by atoms with E-state index in [2.05, 4.69) is 9.50 Å². The third-order valence-corrected chi connectivity index (χ3v) is 4.80. The predicted molar refractivity (Wildman–Crippen MR) is 99.5 cm³/mol. The fourth-order valence-corrected chi connectivity index (χ4v) is 2.87. The van der Waals surface area contributed by atoms with Crippen LogP contribution in [-0.2, 0) is 32.6 Å². The van der Waals surface area contributed by atoms with Gasteiger partial charge in [-0.15, -0.1) is 0 Å². The highest BCUT2D eigenvalue weighted by Crippen LogP contribution is 2.27. The van der Waals surface area contributed by atoms with Gasteiger partial charge in [0, 0.05) is 6.54 Å². The molecule has 0 aliphatic carbocycles. The Bertz CT molecular complexity index is 900. The first kappa shape index (κ1) is 22.7. The Hall–Kier alpha value is -2.59. The summed E-state index contributed by atoms with van der Waals surface area (Å²) in [5.74, 6) is -0.945. The van der Waals surface area contributed by atoms with E-state index in [1.165, 1.54) is 12.1 Å². The molecule has 10 heteroatoms. The minimum Gasteiger partial charge on any atom is -0.465 e. The van der Waals surface area contributed by atoms with Gasteiger partial charge in [0.2, 0.25) is 0 Å². The lowest BCUT2D eigenvalue weighted by molar-refractivity contribution is -0.145. The monoisotopic (exact) mass is 431 g/mol. The number of esters is 1. The smallest absolute Gasteiger partial charge is 0.465 e. The molecule has 0 fully saturated rings. The summed E-state index contributed by atoms with van der Waals surface area (Å²) in [6, 6.07) is 13.7. The Kier molecular flexibility index (Phi) is 7.63. The number of hydrogen-bond donors (Lipinski definition) is 1. The molecule has 0 spiro atoms. The molecule has 0 aliphatic heterocycles. The number of nitrogens with one attached hydrogen (secondary N) is 1. The van der Waals surface area contributed by atoms with E-state index in [9.17, 15) is 26.4 Å². The molecule has 0 amide bonds. The maximum absolute atomic E-state index is 12.4. The highest BCUT2D eigenvalue weighted by atomic mass is 32.2. The summed E-state index contributed by atoms with van der Waals surface area (Å²) in [5, 5.41) is 3.09. The molecule has 1 atom stereocenters. The van der Waals surface area contributed by atoms with Crippen LogP contribution in [0.15, 0.2) is 54.6 Å². The summed E-state index contributed by atoms with van der Waals surface area (Å²) in [5.41, 5.74) is -3.97. The topological polar surface area (TPSA) is 81.7 Å². The van der Waals surface area contributed by atoms with Gasteiger partial charge in [0.1, 0.15) is 11.8 Å². The Labute approximate surface area is 166 Å². The second-order valence-corrected chi connectivity index (χ2v) is 7.54. The van der Waals surface area contributed by atoms with Crippen molar-refractivity contribution < 1.29 is 35.3 Å². The van der Waals surface area contributed by atoms with Crippen molar-refractivity contribution in [3.63, 3.8) is 0 Å². The SMILES string of the molecule is CCOC(=O)C(Cc1ccc(OS(=O)(=O)C(F)(F)F)cc1)NCc1ccccc1. The van der Waals surface area contributed by atoms with Gasteiger partial charge < -0.3 is 14.2 Å². The van der Waals surface area contributed by atoms with Crippen LogP contribution in [-0.4, -0.2) is 32.5 Å². The van der Waals surface area contributed by atoms with E-state index in [0.717, 1.165) is 17.7 Å². The number of hydrogen-bond acceptors (Lipinski definition) is 6. The van der Waals surface area contributed by atoms with Crippen molar-refractivity contribution in [2.24, 2.45) is 0 Å². The Morgan fingerprint density at radius 2 is 1.66 bits per heavy atom. The van der Waals surface area contributed by atoms with Crippen LogP contribution in [0.5, 0.6) is 5.75 Å². The van der Waals surface area contributed by atoms with Crippen molar-refractivity contribution >= 4 is 16.1 Å². The number of benzene rings is 2. The van der Waals surface area contributed by atoms with Crippen LogP contribution >= 0.6 is 0 Å². The van der Waals surface area contributed by atoms with Crippen LogP contribution in [0.3, 0.4) is 0 Å². The van der Waals surface area contributed by atoms with Gasteiger partial charge in [0.05, 0.1) is 6.61 Å². The summed E-state index contributed by atoms with van der Waals surface area (Å²) in [6.45, 7) is 2.29. The molecule has 1 unspecified atom stereocenters. The largest absolute Gasteiger partial charge is 0.534 e. The number of halogens is 3. The maximum atomic E-state index is 12.4. The average Bonchev–Trinajstić information content (AvgIpc) is 2.66. The van der Waals surface area contributed by atoms with E-state index in [4.69, 9.17) is 4.74 Å². The Morgan fingerprint density at radius 1 is 1.03 bits per heavy atom. The van der Waals surface area contributed by atoms with Crippen LogP contribution < -0.4 is 9.50 Å². The van der Waals surface area contributed by atoms with Gasteiger partial charge in [0.25, 0.3) is 0 Å². The van der Waals surface area contributed by atoms with Gasteiger partial charge in [-0.3, -0.25) is 4.79 Å². The normalized spacial score (nSPS) is 13.0. The number of carbonyl (C=O) groups excluding carboxylic acids is 1. The van der Waals surface area contributed by atoms with Crippen molar-refractivity contribution in [1.82, 2.24) is 5.32 Å². The number of carbonyl (C=O) groups is 1. The molecule has 2 rings (SSSR count). The van der Waals surface area contributed by atoms with Crippen LogP contribution in [0.4, 0.5) is 13.2 Å². The van der Waals surface area contributed by atoms with Gasteiger partial charge >= 0.3 is 21.6 Å². The molecule has 1 N–H and O–H groups in total. The summed E-state index contributed by atoms with van der Waals surface area (Å²) < 4.78 is 68.4. The molecule has 2 aromatic rings. The minimum absolute atomic E-state index is 0.192. The van der Waals surface area contributed by atoms with Gasteiger partial charge in [-0.25, -0.2) is 0 Å². The molecular weight excluding hydrogens is 411 g/mol. The van der Waals surface area contributed by atoms with Gasteiger partial charge in [-0.05, 0) is 36.6 Å². The molecule has 0 aromatic heterocycles. The summed E-state index contributed by atoms with van der Waals surface area (Å²) in [4.78, 5) is 12.2. The number of alkyl halides is 3. The van der Waals surface area contributed by atoms with Gasteiger partial charge in [-0.1, -0.05) is 42.5 Å². The van der Waals surface area contributed by atoms with Crippen molar-refractivity contribution in [3.8, 4) is 5.75 Å². The van der Waals surface area contributed by atoms with E-state index in [-0.39, 0.29) is 13.0 Å². The zero-order valence-electron chi connectivity index (χ0n) is 15.5. The van der Waals surface area contributed by atoms with Crippen molar-refractivity contribution in [1.29, 1.82) is 0 Å². The fraction of sp³-hybridized carbons (Fsp3) is 0.316. The molecule has 0 bridgehead atoms. The molecule has 2 aromatic carbocycles. The summed E-state index contributed by atoms with van der Waals surface area (Å²) in [7, 11) is -5.73. The third-order valence-electron chi connectivity index (χ3n) is 3.82. The molecule has 0 radical (unpaired) electrons. The molecule has 0 saturated heterocycles. The molecular formula is C19H20F3NO5S. The summed E-state index contributed by atoms with van der Waals surface area (Å²) >= 11 is 0. The molecule has 0 heterocycles. The van der Waals surface area contributed by atoms with E-state index in [1.807, 2.05) is 30.3 Å². The summed E-state index contributed by atoms with van der Waals surface area (Å²) in [6.07, 6.45) is 0.192. The van der Waals surface area contributed by atoms with E-state index in [1.54, 1.807) is 6.92 Å². The van der Waals surface area contributed by atoms with Crippen molar-refractivity contribution in [3.05, 3.63) is 65.7 Å². The minimum atomic E-state index is -5.73. The highest BCUT2D eigenvalue weighted by molar-refractivity contribution is 7.88. The first-order valence-corrected chi connectivity index (χ1v) is 10.1. The van der Waals surface area contributed by atoms with Crippen LogP contribution in [0.25, 0.3) is 0 Å². The quantitative estimate of drug-likeness (QED) is 0.373. The van der Waals surface area contributed by atoms with Gasteiger partial charge in [-0.2, -0.15) is 21.6 Å². The number of rotatable bonds is 9. The molecule has 0 saturated carbocycles. The first-order chi connectivity index (χ1) is 13.6. The highest BCUT2D eigenvalue weighted by Gasteiger charge is 2.48. The third kappa shape index (κ3) is 6.75. The lowest BCUT2D eigenvalue weighted by Gasteiger charge is -2.18. The number of ether oxygens (including phenoxy) is 1. The average molecular weight is 431 g/mol. The lowest BCUT2D eigenvalue weighted by atomic mass is 10.1. The van der Waals surface area contributed by atoms with Crippen molar-refractivity contribution in [2.45, 2.75) is 31.4 Å². The van der Waals surface area contributed by atoms with E-state index >= 15 is 0 Å². The zero-order valence-corrected chi connectivity index (χ0v) is 16.3. The Morgan fingerprint density at radius 3 is 2.21 bits per heavy atom. The van der Waals surface area contributed by atoms with Crippen LogP contribution in [0.2, 0.25) is 0 Å². The fourth-order valence-electron chi connectivity index (χ4n) is 2.41. The predicted octanol–water partition coefficient (Wildman–Crippen LogP) is 3.18. The maximum Gasteiger partial charge on any atom is 0.534 e. The lowest BCUT2D eigenvalue weighted by Crippen LogP contribution is -2.39. The Balaban J connectivity index is 2.07. The molecule has 158 valence electrons. The van der Waals surface area contributed by atoms with E-state index < -0.39 is 33.4 Å². The first-order valence-electron chi connectivity index (χ1n) is 8.66. The van der Waals surface area contributed by atoms with Crippen LogP contribution in [0.1, 0.15) is 18.1 Å². The molecule has 29 heavy (non-hydrogen) atoms. The van der Waals surface area contributed by atoms with Gasteiger partial charge in [0.15, 0.2) is 0 Å². The molecule has 6 nitrogen and oxygen atoms in total. The van der Waals surface area contributed by atoms with E-state index in [0.29, 0.717) is 12.1 Å². The van der Waals surface area contributed by atoms with Crippen molar-refractivity contribution in [2.75, 3.05) is 6.61 Å². The molecule has 0 aliphatic rings. The second kappa shape index (κ2) is 9.75. The standard InChI is InChI=1S/C19H20F3NO5S/c1-2-27-18(24)17(23-13-15-6-4-3-5-7-15)12-14-8-10-16(11-9-14)28-29(25,26)19(20,21)22/h3-11,17,23H,2,12-13H2,1H3. The van der Waals surface area contributed by atoms with Crippen LogP contribution in [0, 0.1) is 0 Å². The second-order valence-electron chi connectivity index (χ2n) is 6.00.